The molecule has 0 amide bonds. The molecule has 0 aromatic heterocycles. The quantitative estimate of drug-likeness (QED) is 0.639. The van der Waals surface area contributed by atoms with E-state index in [0.717, 1.165) is 6.54 Å². The summed E-state index contributed by atoms with van der Waals surface area (Å²) >= 11 is 0. The highest BCUT2D eigenvalue weighted by Gasteiger charge is 2.05. The Morgan fingerprint density at radius 3 is 2.73 bits per heavy atom. The summed E-state index contributed by atoms with van der Waals surface area (Å²) in [5, 5.41) is 3.37. The first-order chi connectivity index (χ1) is 5.24. The van der Waals surface area contributed by atoms with E-state index < -0.39 is 0 Å². The minimum absolute atomic E-state index is 1.02. The average molecular weight is 151 g/mol. The lowest BCUT2D eigenvalue weighted by Crippen LogP contribution is -2.14. The normalized spacial score (nSPS) is 18.3. The first-order valence-corrected chi connectivity index (χ1v) is 4.35. The molecule has 0 heterocycles. The molecule has 0 atom stereocenters. The lowest BCUT2D eigenvalue weighted by molar-refractivity contribution is 0.800. The van der Waals surface area contributed by atoms with Gasteiger partial charge in [0.25, 0.3) is 0 Å². The predicted molar refractivity (Wildman–Crippen MR) is 49.4 cm³/mol. The Labute approximate surface area is 69.2 Å². The number of allylic oxidation sites excluding steroid dienone is 3. The molecule has 1 aliphatic carbocycles. The number of nitrogens with one attached hydrogen (secondary N) is 1. The van der Waals surface area contributed by atoms with Gasteiger partial charge in [-0.05, 0) is 45.3 Å². The molecule has 0 bridgehead atoms. The maximum Gasteiger partial charge on any atom is 0.0328 e. The van der Waals surface area contributed by atoms with Crippen LogP contribution in [0.2, 0.25) is 0 Å². The minimum atomic E-state index is 1.02. The minimum Gasteiger partial charge on any atom is -0.385 e. The summed E-state index contributed by atoms with van der Waals surface area (Å²) in [5.74, 6) is 0. The molecule has 0 aliphatic heterocycles. The monoisotopic (exact) mass is 151 g/mol. The van der Waals surface area contributed by atoms with E-state index in [1.807, 2.05) is 0 Å². The Kier molecular flexibility index (Phi) is 2.75. The first-order valence-electron chi connectivity index (χ1n) is 4.35. The Morgan fingerprint density at radius 1 is 1.36 bits per heavy atom. The maximum absolute atomic E-state index is 3.37. The summed E-state index contributed by atoms with van der Waals surface area (Å²) in [6.45, 7) is 7.57. The number of likely N-dealkylation sites (N-methyl/N-ethyl adjacent to an activating group) is 1. The molecule has 11 heavy (non-hydrogen) atoms. The molecule has 0 aromatic rings. The van der Waals surface area contributed by atoms with Crippen LogP contribution in [0.4, 0.5) is 0 Å². The smallest absolute Gasteiger partial charge is 0.0328 e. The SMILES string of the molecule is CCNC1=C(C)CCC(C)=C1. The van der Waals surface area contributed by atoms with Crippen LogP contribution < -0.4 is 5.32 Å². The van der Waals surface area contributed by atoms with E-state index in [-0.39, 0.29) is 0 Å². The topological polar surface area (TPSA) is 12.0 Å². The van der Waals surface area contributed by atoms with Crippen molar-refractivity contribution in [2.75, 3.05) is 6.54 Å². The van der Waals surface area contributed by atoms with Gasteiger partial charge < -0.3 is 5.32 Å². The third-order valence-electron chi connectivity index (χ3n) is 2.11. The van der Waals surface area contributed by atoms with E-state index in [1.54, 1.807) is 0 Å². The van der Waals surface area contributed by atoms with E-state index in [2.05, 4.69) is 32.2 Å². The molecule has 1 N–H and O–H groups in total. The van der Waals surface area contributed by atoms with Gasteiger partial charge in [-0.2, -0.15) is 0 Å². The van der Waals surface area contributed by atoms with E-state index in [1.165, 1.54) is 29.7 Å². The largest absolute Gasteiger partial charge is 0.385 e. The zero-order valence-corrected chi connectivity index (χ0v) is 7.70. The number of hydrogen-bond donors (Lipinski definition) is 1. The van der Waals surface area contributed by atoms with Crippen molar-refractivity contribution >= 4 is 0 Å². The molecule has 0 aromatic carbocycles. The molecule has 0 saturated heterocycles. The summed E-state index contributed by atoms with van der Waals surface area (Å²) in [5.41, 5.74) is 4.33. The van der Waals surface area contributed by atoms with Crippen LogP contribution in [0.5, 0.6) is 0 Å². The molecule has 1 heteroatoms. The Morgan fingerprint density at radius 2 is 2.09 bits per heavy atom. The van der Waals surface area contributed by atoms with Crippen LogP contribution in [-0.4, -0.2) is 6.54 Å². The molecule has 0 spiro atoms. The van der Waals surface area contributed by atoms with Crippen molar-refractivity contribution in [1.29, 1.82) is 0 Å². The van der Waals surface area contributed by atoms with E-state index in [4.69, 9.17) is 0 Å². The highest BCUT2D eigenvalue weighted by Crippen LogP contribution is 2.21. The fourth-order valence-electron chi connectivity index (χ4n) is 1.35. The molecule has 0 unspecified atom stereocenters. The number of hydrogen-bond acceptors (Lipinski definition) is 1. The van der Waals surface area contributed by atoms with Gasteiger partial charge in [0.15, 0.2) is 0 Å². The zero-order valence-electron chi connectivity index (χ0n) is 7.70. The van der Waals surface area contributed by atoms with Crippen LogP contribution in [0.25, 0.3) is 0 Å². The van der Waals surface area contributed by atoms with Crippen LogP contribution >= 0.6 is 0 Å². The van der Waals surface area contributed by atoms with E-state index in [9.17, 15) is 0 Å². The van der Waals surface area contributed by atoms with Crippen molar-refractivity contribution in [2.24, 2.45) is 0 Å². The van der Waals surface area contributed by atoms with Gasteiger partial charge in [0, 0.05) is 12.2 Å². The molecule has 1 nitrogen and oxygen atoms in total. The second kappa shape index (κ2) is 3.61. The van der Waals surface area contributed by atoms with E-state index >= 15 is 0 Å². The maximum atomic E-state index is 3.37. The van der Waals surface area contributed by atoms with Crippen LogP contribution in [0.15, 0.2) is 22.9 Å². The predicted octanol–water partition coefficient (Wildman–Crippen LogP) is 2.61. The molecular formula is C10H17N. The van der Waals surface area contributed by atoms with Gasteiger partial charge in [0.05, 0.1) is 0 Å². The molecule has 1 aliphatic rings. The van der Waals surface area contributed by atoms with Crippen molar-refractivity contribution in [3.05, 3.63) is 22.9 Å². The summed E-state index contributed by atoms with van der Waals surface area (Å²) < 4.78 is 0. The fourth-order valence-corrected chi connectivity index (χ4v) is 1.35. The lowest BCUT2D eigenvalue weighted by atomic mass is 9.98. The second-order valence-corrected chi connectivity index (χ2v) is 3.22. The third kappa shape index (κ3) is 2.11. The van der Waals surface area contributed by atoms with Gasteiger partial charge in [0.1, 0.15) is 0 Å². The van der Waals surface area contributed by atoms with Crippen molar-refractivity contribution in [3.8, 4) is 0 Å². The summed E-state index contributed by atoms with van der Waals surface area (Å²) in [4.78, 5) is 0. The second-order valence-electron chi connectivity index (χ2n) is 3.22. The van der Waals surface area contributed by atoms with Gasteiger partial charge >= 0.3 is 0 Å². The Hall–Kier alpha value is -0.720. The van der Waals surface area contributed by atoms with Gasteiger partial charge in [-0.3, -0.25) is 0 Å². The zero-order chi connectivity index (χ0) is 8.27. The molecule has 0 saturated carbocycles. The Balaban J connectivity index is 2.71. The van der Waals surface area contributed by atoms with E-state index in [0.29, 0.717) is 0 Å². The highest BCUT2D eigenvalue weighted by molar-refractivity contribution is 5.30. The first kappa shape index (κ1) is 8.38. The Bertz CT molecular complexity index is 199. The van der Waals surface area contributed by atoms with Gasteiger partial charge in [-0.15, -0.1) is 0 Å². The van der Waals surface area contributed by atoms with Crippen molar-refractivity contribution in [3.63, 3.8) is 0 Å². The molecule has 0 fully saturated rings. The third-order valence-corrected chi connectivity index (χ3v) is 2.11. The van der Waals surface area contributed by atoms with Crippen LogP contribution in [-0.2, 0) is 0 Å². The standard InChI is InChI=1S/C10H17N/c1-4-11-10-7-8(2)5-6-9(10)3/h7,11H,4-6H2,1-3H3. The lowest BCUT2D eigenvalue weighted by Gasteiger charge is -2.16. The van der Waals surface area contributed by atoms with Crippen LogP contribution in [0, 0.1) is 0 Å². The highest BCUT2D eigenvalue weighted by atomic mass is 14.9. The molecular weight excluding hydrogens is 134 g/mol. The summed E-state index contributed by atoms with van der Waals surface area (Å²) in [7, 11) is 0. The van der Waals surface area contributed by atoms with Crippen molar-refractivity contribution < 1.29 is 0 Å². The van der Waals surface area contributed by atoms with Crippen LogP contribution in [0.3, 0.4) is 0 Å². The van der Waals surface area contributed by atoms with Gasteiger partial charge in [0.2, 0.25) is 0 Å². The van der Waals surface area contributed by atoms with Crippen molar-refractivity contribution in [2.45, 2.75) is 33.6 Å². The number of rotatable bonds is 2. The van der Waals surface area contributed by atoms with Gasteiger partial charge in [-0.1, -0.05) is 5.57 Å². The molecule has 62 valence electrons. The molecule has 1 rings (SSSR count). The fraction of sp³-hybridized carbons (Fsp3) is 0.600. The summed E-state index contributed by atoms with van der Waals surface area (Å²) in [6.07, 6.45) is 4.73. The average Bonchev–Trinajstić information content (AvgIpc) is 1.98. The van der Waals surface area contributed by atoms with Crippen molar-refractivity contribution in [1.82, 2.24) is 5.32 Å². The van der Waals surface area contributed by atoms with Gasteiger partial charge in [-0.25, -0.2) is 0 Å². The van der Waals surface area contributed by atoms with Crippen LogP contribution in [0.1, 0.15) is 33.6 Å². The molecule has 0 radical (unpaired) electrons. The summed E-state index contributed by atoms with van der Waals surface area (Å²) in [6, 6.07) is 0.